The molecule has 0 saturated heterocycles. The van der Waals surface area contributed by atoms with E-state index >= 15 is 0 Å². The van der Waals surface area contributed by atoms with Gasteiger partial charge in [0, 0.05) is 23.8 Å². The van der Waals surface area contributed by atoms with E-state index in [0.717, 1.165) is 22.8 Å². The van der Waals surface area contributed by atoms with Gasteiger partial charge in [-0.15, -0.1) is 0 Å². The van der Waals surface area contributed by atoms with Crippen molar-refractivity contribution in [2.75, 3.05) is 5.32 Å². The molecular formula is C11H12N4. The molecule has 0 radical (unpaired) electrons. The Morgan fingerprint density at radius 1 is 1.20 bits per heavy atom. The quantitative estimate of drug-likeness (QED) is 0.807. The SMILES string of the molecule is Cc1cc(Nc2ccncn2)c(C)cn1. The molecule has 4 heteroatoms. The van der Waals surface area contributed by atoms with Crippen molar-refractivity contribution in [3.8, 4) is 0 Å². The van der Waals surface area contributed by atoms with E-state index < -0.39 is 0 Å². The van der Waals surface area contributed by atoms with Crippen LogP contribution in [0, 0.1) is 13.8 Å². The van der Waals surface area contributed by atoms with E-state index in [-0.39, 0.29) is 0 Å². The Hall–Kier alpha value is -1.97. The minimum Gasteiger partial charge on any atom is -0.340 e. The Morgan fingerprint density at radius 2 is 2.07 bits per heavy atom. The number of hydrogen-bond acceptors (Lipinski definition) is 4. The first-order valence-electron chi connectivity index (χ1n) is 4.72. The summed E-state index contributed by atoms with van der Waals surface area (Å²) in [6, 6.07) is 3.83. The molecule has 2 heterocycles. The average Bonchev–Trinajstić information content (AvgIpc) is 2.25. The molecule has 2 aromatic heterocycles. The summed E-state index contributed by atoms with van der Waals surface area (Å²) in [6.45, 7) is 3.97. The molecule has 0 aliphatic carbocycles. The van der Waals surface area contributed by atoms with Crippen molar-refractivity contribution in [1.29, 1.82) is 0 Å². The number of nitrogens with zero attached hydrogens (tertiary/aromatic N) is 3. The third-order valence-corrected chi connectivity index (χ3v) is 2.08. The Morgan fingerprint density at radius 3 is 2.80 bits per heavy atom. The first-order chi connectivity index (χ1) is 7.25. The van der Waals surface area contributed by atoms with Crippen molar-refractivity contribution in [3.05, 3.63) is 42.1 Å². The van der Waals surface area contributed by atoms with Crippen LogP contribution in [0.4, 0.5) is 11.5 Å². The molecule has 0 unspecified atom stereocenters. The average molecular weight is 200 g/mol. The first kappa shape index (κ1) is 9.58. The molecule has 0 fully saturated rings. The highest BCUT2D eigenvalue weighted by Gasteiger charge is 2.00. The van der Waals surface area contributed by atoms with E-state index in [9.17, 15) is 0 Å². The van der Waals surface area contributed by atoms with Crippen LogP contribution in [0.2, 0.25) is 0 Å². The second kappa shape index (κ2) is 4.04. The lowest BCUT2D eigenvalue weighted by molar-refractivity contribution is 1.15. The van der Waals surface area contributed by atoms with Crippen LogP contribution in [-0.2, 0) is 0 Å². The van der Waals surface area contributed by atoms with Crippen molar-refractivity contribution >= 4 is 11.5 Å². The molecule has 4 nitrogen and oxygen atoms in total. The molecule has 0 spiro atoms. The fourth-order valence-electron chi connectivity index (χ4n) is 1.27. The Balaban J connectivity index is 2.28. The molecule has 1 N–H and O–H groups in total. The van der Waals surface area contributed by atoms with Gasteiger partial charge in [-0.3, -0.25) is 4.98 Å². The van der Waals surface area contributed by atoms with E-state index in [2.05, 4.69) is 20.3 Å². The second-order valence-corrected chi connectivity index (χ2v) is 3.36. The zero-order valence-electron chi connectivity index (χ0n) is 8.73. The molecule has 0 amide bonds. The van der Waals surface area contributed by atoms with Crippen LogP contribution in [0.5, 0.6) is 0 Å². The highest BCUT2D eigenvalue weighted by molar-refractivity contribution is 5.59. The number of hydrogen-bond donors (Lipinski definition) is 1. The number of pyridine rings is 1. The summed E-state index contributed by atoms with van der Waals surface area (Å²) in [5, 5.41) is 3.22. The highest BCUT2D eigenvalue weighted by atomic mass is 15.0. The topological polar surface area (TPSA) is 50.7 Å². The molecular weight excluding hydrogens is 188 g/mol. The van der Waals surface area contributed by atoms with E-state index in [1.165, 1.54) is 6.33 Å². The first-order valence-corrected chi connectivity index (χ1v) is 4.72. The molecule has 15 heavy (non-hydrogen) atoms. The number of rotatable bonds is 2. The Kier molecular flexibility index (Phi) is 2.58. The zero-order valence-corrected chi connectivity index (χ0v) is 8.73. The standard InChI is InChI=1S/C11H12N4/c1-8-6-13-9(2)5-10(8)15-11-3-4-12-7-14-11/h3-7H,1-2H3,(H,12,13,14,15). The maximum Gasteiger partial charge on any atom is 0.133 e. The Labute approximate surface area is 88.4 Å². The van der Waals surface area contributed by atoms with Gasteiger partial charge in [0.05, 0.1) is 0 Å². The molecule has 2 aromatic rings. The molecule has 0 bridgehead atoms. The molecule has 76 valence electrons. The fraction of sp³-hybridized carbons (Fsp3) is 0.182. The normalized spacial score (nSPS) is 10.0. The summed E-state index contributed by atoms with van der Waals surface area (Å²) in [5.41, 5.74) is 3.11. The predicted octanol–water partition coefficient (Wildman–Crippen LogP) is 2.23. The Bertz CT molecular complexity index is 453. The van der Waals surface area contributed by atoms with Crippen molar-refractivity contribution in [3.63, 3.8) is 0 Å². The van der Waals surface area contributed by atoms with Crippen LogP contribution in [-0.4, -0.2) is 15.0 Å². The van der Waals surface area contributed by atoms with Gasteiger partial charge >= 0.3 is 0 Å². The van der Waals surface area contributed by atoms with E-state index in [1.54, 1.807) is 6.20 Å². The summed E-state index contributed by atoms with van der Waals surface area (Å²) in [6.07, 6.45) is 5.07. The number of aryl methyl sites for hydroxylation is 2. The van der Waals surface area contributed by atoms with Crippen LogP contribution < -0.4 is 5.32 Å². The van der Waals surface area contributed by atoms with Gasteiger partial charge in [0.15, 0.2) is 0 Å². The summed E-state index contributed by atoms with van der Waals surface area (Å²) >= 11 is 0. The van der Waals surface area contributed by atoms with Crippen molar-refractivity contribution in [2.45, 2.75) is 13.8 Å². The summed E-state index contributed by atoms with van der Waals surface area (Å²) in [7, 11) is 0. The molecule has 0 aliphatic rings. The minimum absolute atomic E-state index is 0.790. The molecule has 0 atom stereocenters. The van der Waals surface area contributed by atoms with Crippen molar-refractivity contribution in [1.82, 2.24) is 15.0 Å². The lowest BCUT2D eigenvalue weighted by Crippen LogP contribution is -1.97. The lowest BCUT2D eigenvalue weighted by atomic mass is 10.2. The van der Waals surface area contributed by atoms with Crippen LogP contribution in [0.15, 0.2) is 30.9 Å². The zero-order chi connectivity index (χ0) is 10.7. The van der Waals surface area contributed by atoms with Gasteiger partial charge in [0.25, 0.3) is 0 Å². The molecule has 0 aliphatic heterocycles. The van der Waals surface area contributed by atoms with Crippen molar-refractivity contribution in [2.24, 2.45) is 0 Å². The van der Waals surface area contributed by atoms with E-state index in [0.29, 0.717) is 0 Å². The lowest BCUT2D eigenvalue weighted by Gasteiger charge is -2.08. The van der Waals surface area contributed by atoms with Crippen LogP contribution in [0.3, 0.4) is 0 Å². The third kappa shape index (κ3) is 2.28. The van der Waals surface area contributed by atoms with Gasteiger partial charge in [-0.25, -0.2) is 9.97 Å². The van der Waals surface area contributed by atoms with Gasteiger partial charge in [0.1, 0.15) is 12.1 Å². The van der Waals surface area contributed by atoms with E-state index in [1.807, 2.05) is 32.2 Å². The molecule has 0 saturated carbocycles. The van der Waals surface area contributed by atoms with Gasteiger partial charge < -0.3 is 5.32 Å². The largest absolute Gasteiger partial charge is 0.340 e. The fourth-order valence-corrected chi connectivity index (χ4v) is 1.27. The van der Waals surface area contributed by atoms with Gasteiger partial charge in [-0.1, -0.05) is 0 Å². The smallest absolute Gasteiger partial charge is 0.133 e. The van der Waals surface area contributed by atoms with E-state index in [4.69, 9.17) is 0 Å². The third-order valence-electron chi connectivity index (χ3n) is 2.08. The van der Waals surface area contributed by atoms with Crippen LogP contribution in [0.1, 0.15) is 11.3 Å². The highest BCUT2D eigenvalue weighted by Crippen LogP contribution is 2.18. The van der Waals surface area contributed by atoms with Crippen molar-refractivity contribution < 1.29 is 0 Å². The molecule has 0 aromatic carbocycles. The van der Waals surface area contributed by atoms with Gasteiger partial charge in [0.2, 0.25) is 0 Å². The summed E-state index contributed by atoms with van der Waals surface area (Å²) in [4.78, 5) is 12.2. The minimum atomic E-state index is 0.790. The maximum absolute atomic E-state index is 4.21. The number of nitrogens with one attached hydrogen (secondary N) is 1. The monoisotopic (exact) mass is 200 g/mol. The number of anilines is 2. The maximum atomic E-state index is 4.21. The van der Waals surface area contributed by atoms with Crippen LogP contribution in [0.25, 0.3) is 0 Å². The number of aromatic nitrogens is 3. The molecule has 2 rings (SSSR count). The second-order valence-electron chi connectivity index (χ2n) is 3.36. The summed E-state index contributed by atoms with van der Waals surface area (Å²) < 4.78 is 0. The predicted molar refractivity (Wildman–Crippen MR) is 59.0 cm³/mol. The van der Waals surface area contributed by atoms with Gasteiger partial charge in [-0.2, -0.15) is 0 Å². The summed E-state index contributed by atoms with van der Waals surface area (Å²) in [5.74, 6) is 0.790. The van der Waals surface area contributed by atoms with Crippen LogP contribution >= 0.6 is 0 Å². The van der Waals surface area contributed by atoms with Gasteiger partial charge in [-0.05, 0) is 31.5 Å².